The Hall–Kier alpha value is -0.700. The Kier molecular flexibility index (Phi) is 2.76. The van der Waals surface area contributed by atoms with E-state index in [1.165, 1.54) is 0 Å². The van der Waals surface area contributed by atoms with Crippen molar-refractivity contribution in [2.45, 2.75) is 26.2 Å². The molecule has 0 aliphatic heterocycles. The standard InChI is InChI=1S/C7H12ClN3/c1-2-3-4-5-6(8)11-7(9)10-5/h2-4H2,1H3,(H3,9,10,11). The van der Waals surface area contributed by atoms with Crippen LogP contribution in [0.3, 0.4) is 0 Å². The van der Waals surface area contributed by atoms with E-state index < -0.39 is 0 Å². The number of aryl methyl sites for hydroxylation is 1. The quantitative estimate of drug-likeness (QED) is 0.735. The third kappa shape index (κ3) is 2.12. The second-order valence-electron chi connectivity index (χ2n) is 2.49. The molecule has 1 heterocycles. The maximum atomic E-state index is 5.76. The molecule has 0 saturated heterocycles. The molecule has 62 valence electrons. The molecule has 0 fully saturated rings. The lowest BCUT2D eigenvalue weighted by Gasteiger charge is -1.93. The monoisotopic (exact) mass is 173 g/mol. The molecule has 3 N–H and O–H groups in total. The van der Waals surface area contributed by atoms with Crippen LogP contribution < -0.4 is 5.73 Å². The van der Waals surface area contributed by atoms with E-state index in [9.17, 15) is 0 Å². The van der Waals surface area contributed by atoms with E-state index in [-0.39, 0.29) is 0 Å². The van der Waals surface area contributed by atoms with Gasteiger partial charge in [0.05, 0.1) is 5.69 Å². The van der Waals surface area contributed by atoms with E-state index >= 15 is 0 Å². The first kappa shape index (κ1) is 8.40. The normalized spacial score (nSPS) is 10.4. The van der Waals surface area contributed by atoms with Crippen LogP contribution in [0.5, 0.6) is 0 Å². The minimum atomic E-state index is 0.404. The van der Waals surface area contributed by atoms with Crippen LogP contribution in [0.4, 0.5) is 5.95 Å². The molecule has 0 amide bonds. The highest BCUT2D eigenvalue weighted by Gasteiger charge is 2.03. The van der Waals surface area contributed by atoms with Crippen molar-refractivity contribution < 1.29 is 0 Å². The molecule has 1 aromatic heterocycles. The van der Waals surface area contributed by atoms with Crippen molar-refractivity contribution in [3.05, 3.63) is 10.8 Å². The SMILES string of the molecule is CCCCc1[nH]c(N)nc1Cl. The first-order valence-corrected chi connectivity index (χ1v) is 4.11. The summed E-state index contributed by atoms with van der Waals surface area (Å²) in [5, 5.41) is 0.510. The van der Waals surface area contributed by atoms with Gasteiger partial charge in [-0.25, -0.2) is 4.98 Å². The van der Waals surface area contributed by atoms with Crippen molar-refractivity contribution in [3.63, 3.8) is 0 Å². The van der Waals surface area contributed by atoms with Gasteiger partial charge in [-0.05, 0) is 12.8 Å². The van der Waals surface area contributed by atoms with Crippen molar-refractivity contribution in [2.75, 3.05) is 5.73 Å². The first-order chi connectivity index (χ1) is 5.24. The van der Waals surface area contributed by atoms with Crippen molar-refractivity contribution in [3.8, 4) is 0 Å². The molecular formula is C7H12ClN3. The smallest absolute Gasteiger partial charge is 0.199 e. The predicted molar refractivity (Wildman–Crippen MR) is 46.6 cm³/mol. The van der Waals surface area contributed by atoms with E-state index in [4.69, 9.17) is 17.3 Å². The number of nitrogen functional groups attached to an aromatic ring is 1. The summed E-state index contributed by atoms with van der Waals surface area (Å²) in [5.41, 5.74) is 6.35. The minimum Gasteiger partial charge on any atom is -0.369 e. The number of rotatable bonds is 3. The Bertz CT molecular complexity index is 232. The fourth-order valence-corrected chi connectivity index (χ4v) is 1.16. The van der Waals surface area contributed by atoms with Gasteiger partial charge < -0.3 is 10.7 Å². The minimum absolute atomic E-state index is 0.404. The van der Waals surface area contributed by atoms with Gasteiger partial charge in [0.1, 0.15) is 0 Å². The van der Waals surface area contributed by atoms with Gasteiger partial charge in [0, 0.05) is 0 Å². The topological polar surface area (TPSA) is 54.7 Å². The molecule has 11 heavy (non-hydrogen) atoms. The number of H-pyrrole nitrogens is 1. The Morgan fingerprint density at radius 1 is 1.64 bits per heavy atom. The van der Waals surface area contributed by atoms with Crippen molar-refractivity contribution in [2.24, 2.45) is 0 Å². The zero-order valence-electron chi connectivity index (χ0n) is 6.52. The number of halogens is 1. The molecule has 0 aliphatic rings. The van der Waals surface area contributed by atoms with Crippen LogP contribution in [0.2, 0.25) is 5.15 Å². The number of aromatic amines is 1. The van der Waals surface area contributed by atoms with Crippen molar-refractivity contribution in [1.82, 2.24) is 9.97 Å². The molecule has 0 unspecified atom stereocenters. The average molecular weight is 174 g/mol. The lowest BCUT2D eigenvalue weighted by atomic mass is 10.2. The molecule has 0 aliphatic carbocycles. The van der Waals surface area contributed by atoms with Gasteiger partial charge in [-0.3, -0.25) is 0 Å². The summed E-state index contributed by atoms with van der Waals surface area (Å²) in [4.78, 5) is 6.77. The molecule has 0 spiro atoms. The molecule has 1 aromatic rings. The zero-order chi connectivity index (χ0) is 8.27. The van der Waals surface area contributed by atoms with Crippen LogP contribution >= 0.6 is 11.6 Å². The second kappa shape index (κ2) is 3.62. The van der Waals surface area contributed by atoms with E-state index in [0.29, 0.717) is 11.1 Å². The highest BCUT2D eigenvalue weighted by molar-refractivity contribution is 6.30. The van der Waals surface area contributed by atoms with Gasteiger partial charge in [0.25, 0.3) is 0 Å². The number of imidazole rings is 1. The summed E-state index contributed by atoms with van der Waals surface area (Å²) in [7, 11) is 0. The largest absolute Gasteiger partial charge is 0.369 e. The number of hydrogen-bond donors (Lipinski definition) is 2. The Morgan fingerprint density at radius 3 is 2.82 bits per heavy atom. The van der Waals surface area contributed by atoms with E-state index in [0.717, 1.165) is 25.0 Å². The van der Waals surface area contributed by atoms with Crippen LogP contribution in [0, 0.1) is 0 Å². The Morgan fingerprint density at radius 2 is 2.36 bits per heavy atom. The van der Waals surface area contributed by atoms with Crippen LogP contribution in [0.15, 0.2) is 0 Å². The van der Waals surface area contributed by atoms with Crippen LogP contribution in [0.25, 0.3) is 0 Å². The number of unbranched alkanes of at least 4 members (excludes halogenated alkanes) is 1. The molecule has 0 saturated carbocycles. The van der Waals surface area contributed by atoms with Crippen molar-refractivity contribution >= 4 is 17.5 Å². The fourth-order valence-electron chi connectivity index (χ4n) is 0.927. The third-order valence-electron chi connectivity index (χ3n) is 1.53. The maximum Gasteiger partial charge on any atom is 0.199 e. The van der Waals surface area contributed by atoms with Crippen LogP contribution in [-0.4, -0.2) is 9.97 Å². The summed E-state index contributed by atoms with van der Waals surface area (Å²) < 4.78 is 0. The lowest BCUT2D eigenvalue weighted by Crippen LogP contribution is -1.88. The molecule has 1 rings (SSSR count). The highest BCUT2D eigenvalue weighted by atomic mass is 35.5. The summed E-state index contributed by atoms with van der Waals surface area (Å²) in [6.45, 7) is 2.13. The summed E-state index contributed by atoms with van der Waals surface area (Å²) in [6, 6.07) is 0. The molecule has 0 atom stereocenters. The number of aromatic nitrogens is 2. The van der Waals surface area contributed by atoms with E-state index in [1.54, 1.807) is 0 Å². The van der Waals surface area contributed by atoms with Gasteiger partial charge in [0.15, 0.2) is 11.1 Å². The molecule has 3 nitrogen and oxygen atoms in total. The molecule has 0 bridgehead atoms. The number of nitrogens with one attached hydrogen (secondary N) is 1. The average Bonchev–Trinajstić information content (AvgIpc) is 2.26. The fraction of sp³-hybridized carbons (Fsp3) is 0.571. The molecular weight excluding hydrogens is 162 g/mol. The first-order valence-electron chi connectivity index (χ1n) is 3.74. The molecule has 4 heteroatoms. The predicted octanol–water partition coefficient (Wildman–Crippen LogP) is 1.99. The summed E-state index contributed by atoms with van der Waals surface area (Å²) in [5.74, 6) is 0.404. The van der Waals surface area contributed by atoms with Gasteiger partial charge in [0.2, 0.25) is 0 Å². The molecule has 0 aromatic carbocycles. The zero-order valence-corrected chi connectivity index (χ0v) is 7.28. The number of nitrogens with two attached hydrogens (primary N) is 1. The van der Waals surface area contributed by atoms with Gasteiger partial charge in [-0.2, -0.15) is 0 Å². The number of anilines is 1. The van der Waals surface area contributed by atoms with E-state index in [1.807, 2.05) is 0 Å². The maximum absolute atomic E-state index is 5.76. The van der Waals surface area contributed by atoms with Gasteiger partial charge in [-0.1, -0.05) is 24.9 Å². The Balaban J connectivity index is 2.62. The van der Waals surface area contributed by atoms with Gasteiger partial charge in [-0.15, -0.1) is 0 Å². The highest BCUT2D eigenvalue weighted by Crippen LogP contribution is 2.15. The van der Waals surface area contributed by atoms with Crippen LogP contribution in [-0.2, 0) is 6.42 Å². The van der Waals surface area contributed by atoms with Crippen molar-refractivity contribution in [1.29, 1.82) is 0 Å². The molecule has 0 radical (unpaired) electrons. The van der Waals surface area contributed by atoms with Crippen LogP contribution in [0.1, 0.15) is 25.5 Å². The Labute approximate surface area is 71.0 Å². The lowest BCUT2D eigenvalue weighted by molar-refractivity contribution is 0.781. The summed E-state index contributed by atoms with van der Waals surface area (Å²) in [6.07, 6.45) is 3.19. The third-order valence-corrected chi connectivity index (χ3v) is 1.84. The number of hydrogen-bond acceptors (Lipinski definition) is 2. The number of nitrogens with zero attached hydrogens (tertiary/aromatic N) is 1. The van der Waals surface area contributed by atoms with Gasteiger partial charge >= 0.3 is 0 Å². The second-order valence-corrected chi connectivity index (χ2v) is 2.85. The summed E-state index contributed by atoms with van der Waals surface area (Å²) >= 11 is 5.76. The van der Waals surface area contributed by atoms with E-state index in [2.05, 4.69) is 16.9 Å².